The Morgan fingerprint density at radius 3 is 3.33 bits per heavy atom. The van der Waals surface area contributed by atoms with Gasteiger partial charge >= 0.3 is 0 Å². The molecule has 0 unspecified atom stereocenters. The summed E-state index contributed by atoms with van der Waals surface area (Å²) in [5, 5.41) is 0. The van der Waals surface area contributed by atoms with Crippen LogP contribution in [0.2, 0.25) is 0 Å². The van der Waals surface area contributed by atoms with Gasteiger partial charge in [-0.3, -0.25) is 4.99 Å². The van der Waals surface area contributed by atoms with Gasteiger partial charge in [0.05, 0.1) is 0 Å². The third kappa shape index (κ3) is 0.727. The number of hydrogen-bond acceptors (Lipinski definition) is 1. The number of allylic oxidation sites excluding steroid dienone is 3. The Balaban J connectivity index is 2.37. The molecule has 9 heavy (non-hydrogen) atoms. The molecule has 1 aliphatic carbocycles. The lowest BCUT2D eigenvalue weighted by Crippen LogP contribution is -1.97. The highest BCUT2D eigenvalue weighted by Gasteiger charge is 2.12. The maximum Gasteiger partial charge on any atom is 0.0433 e. The molecule has 0 aromatic heterocycles. The molecule has 0 N–H and O–H groups in total. The van der Waals surface area contributed by atoms with Crippen molar-refractivity contribution >= 4 is 5.71 Å². The largest absolute Gasteiger partial charge is 0.289 e. The van der Waals surface area contributed by atoms with Gasteiger partial charge in [0.25, 0.3) is 0 Å². The van der Waals surface area contributed by atoms with Crippen molar-refractivity contribution in [1.29, 1.82) is 0 Å². The SMILES string of the molecule is C1=CCC2=NCCC2=C1. The molecule has 0 atom stereocenters. The topological polar surface area (TPSA) is 12.4 Å². The van der Waals surface area contributed by atoms with Crippen LogP contribution in [0, 0.1) is 0 Å². The second-order valence-corrected chi connectivity index (χ2v) is 2.40. The predicted octanol–water partition coefficient (Wildman–Crippen LogP) is 1.72. The van der Waals surface area contributed by atoms with Gasteiger partial charge in [-0.1, -0.05) is 18.2 Å². The van der Waals surface area contributed by atoms with Crippen LogP contribution in [0.15, 0.2) is 28.8 Å². The van der Waals surface area contributed by atoms with E-state index in [-0.39, 0.29) is 0 Å². The average Bonchev–Trinajstić information content (AvgIpc) is 2.33. The Hall–Kier alpha value is -0.850. The van der Waals surface area contributed by atoms with Gasteiger partial charge in [-0.05, 0) is 12.0 Å². The van der Waals surface area contributed by atoms with Gasteiger partial charge in [-0.2, -0.15) is 0 Å². The smallest absolute Gasteiger partial charge is 0.0433 e. The predicted molar refractivity (Wildman–Crippen MR) is 38.8 cm³/mol. The molecule has 1 aliphatic heterocycles. The summed E-state index contributed by atoms with van der Waals surface area (Å²) in [5.74, 6) is 0. The molecule has 0 saturated heterocycles. The second kappa shape index (κ2) is 1.83. The van der Waals surface area contributed by atoms with Crippen LogP contribution in [-0.2, 0) is 0 Å². The molecule has 46 valence electrons. The van der Waals surface area contributed by atoms with Crippen LogP contribution in [0.1, 0.15) is 12.8 Å². The first kappa shape index (κ1) is 4.98. The molecule has 0 aromatic carbocycles. The Bertz CT molecular complexity index is 209. The van der Waals surface area contributed by atoms with Crippen LogP contribution < -0.4 is 0 Å². The maximum atomic E-state index is 4.35. The van der Waals surface area contributed by atoms with E-state index < -0.39 is 0 Å². The van der Waals surface area contributed by atoms with E-state index in [9.17, 15) is 0 Å². The average molecular weight is 119 g/mol. The normalized spacial score (nSPS) is 23.1. The Morgan fingerprint density at radius 1 is 1.44 bits per heavy atom. The van der Waals surface area contributed by atoms with Gasteiger partial charge in [-0.25, -0.2) is 0 Å². The summed E-state index contributed by atoms with van der Waals surface area (Å²) in [6.07, 6.45) is 8.69. The molecule has 0 aromatic rings. The van der Waals surface area contributed by atoms with Gasteiger partial charge < -0.3 is 0 Å². The Labute approximate surface area is 54.8 Å². The van der Waals surface area contributed by atoms with Gasteiger partial charge in [-0.15, -0.1) is 0 Å². The van der Waals surface area contributed by atoms with Gasteiger partial charge in [0.15, 0.2) is 0 Å². The summed E-state index contributed by atoms with van der Waals surface area (Å²) in [6, 6.07) is 0. The van der Waals surface area contributed by atoms with E-state index in [1.165, 1.54) is 17.7 Å². The number of nitrogens with zero attached hydrogens (tertiary/aromatic N) is 1. The van der Waals surface area contributed by atoms with E-state index in [0.29, 0.717) is 0 Å². The van der Waals surface area contributed by atoms with Crippen LogP contribution in [-0.4, -0.2) is 12.3 Å². The molecule has 0 spiro atoms. The minimum Gasteiger partial charge on any atom is -0.289 e. The lowest BCUT2D eigenvalue weighted by molar-refractivity contribution is 1.04. The molecule has 2 aliphatic rings. The van der Waals surface area contributed by atoms with Crippen LogP contribution in [0.3, 0.4) is 0 Å². The van der Waals surface area contributed by atoms with Gasteiger partial charge in [0.1, 0.15) is 0 Å². The second-order valence-electron chi connectivity index (χ2n) is 2.40. The van der Waals surface area contributed by atoms with E-state index >= 15 is 0 Å². The molecular formula is C8H9N. The van der Waals surface area contributed by atoms with Crippen LogP contribution in [0.5, 0.6) is 0 Å². The molecule has 0 fully saturated rings. The first-order valence-corrected chi connectivity index (χ1v) is 3.36. The third-order valence-electron chi connectivity index (χ3n) is 1.80. The molecule has 0 saturated carbocycles. The Kier molecular flexibility index (Phi) is 1.01. The fraction of sp³-hybridized carbons (Fsp3) is 0.375. The van der Waals surface area contributed by atoms with Crippen LogP contribution in [0.25, 0.3) is 0 Å². The summed E-state index contributed by atoms with van der Waals surface area (Å²) in [7, 11) is 0. The summed E-state index contributed by atoms with van der Waals surface area (Å²) in [5.41, 5.74) is 2.77. The first-order valence-electron chi connectivity index (χ1n) is 3.36. The first-order chi connectivity index (χ1) is 4.47. The quantitative estimate of drug-likeness (QED) is 0.460. The maximum absolute atomic E-state index is 4.35. The van der Waals surface area contributed by atoms with Crippen molar-refractivity contribution in [3.8, 4) is 0 Å². The molecule has 0 amide bonds. The zero-order valence-corrected chi connectivity index (χ0v) is 5.30. The minimum absolute atomic E-state index is 1.02. The highest BCUT2D eigenvalue weighted by molar-refractivity contribution is 6.03. The van der Waals surface area contributed by atoms with E-state index in [1.807, 2.05) is 0 Å². The van der Waals surface area contributed by atoms with Crippen molar-refractivity contribution in [3.63, 3.8) is 0 Å². The third-order valence-corrected chi connectivity index (χ3v) is 1.80. The highest BCUT2D eigenvalue weighted by atomic mass is 14.8. The van der Waals surface area contributed by atoms with Gasteiger partial charge in [0, 0.05) is 18.7 Å². The lowest BCUT2D eigenvalue weighted by atomic mass is 10.0. The zero-order chi connectivity index (χ0) is 6.10. The minimum atomic E-state index is 1.02. The number of aliphatic imine (C=N–C) groups is 1. The molecule has 1 heteroatoms. The Morgan fingerprint density at radius 2 is 2.44 bits per heavy atom. The van der Waals surface area contributed by atoms with Crippen molar-refractivity contribution in [1.82, 2.24) is 0 Å². The summed E-state index contributed by atoms with van der Waals surface area (Å²) in [4.78, 5) is 4.35. The van der Waals surface area contributed by atoms with E-state index in [1.54, 1.807) is 0 Å². The molecule has 1 nitrogen and oxygen atoms in total. The summed E-state index contributed by atoms with van der Waals surface area (Å²) in [6.45, 7) is 1.02. The number of fused-ring (bicyclic) bond motifs is 1. The molecular weight excluding hydrogens is 110 g/mol. The van der Waals surface area contributed by atoms with E-state index in [2.05, 4.69) is 23.2 Å². The van der Waals surface area contributed by atoms with E-state index in [0.717, 1.165) is 13.0 Å². The van der Waals surface area contributed by atoms with Crippen LogP contribution in [0.4, 0.5) is 0 Å². The standard InChI is InChI=1S/C8H9N/c1-2-4-8-7(3-1)5-6-9-8/h1-3H,4-6H2. The van der Waals surface area contributed by atoms with Crippen molar-refractivity contribution in [2.75, 3.05) is 6.54 Å². The van der Waals surface area contributed by atoms with E-state index in [4.69, 9.17) is 0 Å². The summed E-state index contributed by atoms with van der Waals surface area (Å²) >= 11 is 0. The molecule has 0 bridgehead atoms. The van der Waals surface area contributed by atoms with Crippen molar-refractivity contribution < 1.29 is 0 Å². The highest BCUT2D eigenvalue weighted by Crippen LogP contribution is 2.18. The van der Waals surface area contributed by atoms with Crippen molar-refractivity contribution in [3.05, 3.63) is 23.8 Å². The summed E-state index contributed by atoms with van der Waals surface area (Å²) < 4.78 is 0. The van der Waals surface area contributed by atoms with Crippen LogP contribution >= 0.6 is 0 Å². The molecule has 1 heterocycles. The fourth-order valence-electron chi connectivity index (χ4n) is 1.30. The number of hydrogen-bond donors (Lipinski definition) is 0. The van der Waals surface area contributed by atoms with Crippen molar-refractivity contribution in [2.24, 2.45) is 4.99 Å². The molecule has 2 rings (SSSR count). The van der Waals surface area contributed by atoms with Gasteiger partial charge in [0.2, 0.25) is 0 Å². The zero-order valence-electron chi connectivity index (χ0n) is 5.30. The van der Waals surface area contributed by atoms with Crippen molar-refractivity contribution in [2.45, 2.75) is 12.8 Å². The monoisotopic (exact) mass is 119 g/mol. The fourth-order valence-corrected chi connectivity index (χ4v) is 1.30. The number of rotatable bonds is 0. The molecule has 0 radical (unpaired) electrons. The lowest BCUT2D eigenvalue weighted by Gasteiger charge is -2.01.